The molecule has 1 aromatic heterocycles. The minimum Gasteiger partial charge on any atom is -0.496 e. The molecular formula is C13H15NO3S. The minimum atomic E-state index is -0.838. The van der Waals surface area contributed by atoms with Crippen LogP contribution in [0.1, 0.15) is 22.4 Å². The Morgan fingerprint density at radius 2 is 1.83 bits per heavy atom. The van der Waals surface area contributed by atoms with Crippen LogP contribution in [0.25, 0.3) is 0 Å². The summed E-state index contributed by atoms with van der Waals surface area (Å²) < 4.78 is 10.5. The molecule has 0 saturated carbocycles. The number of rotatable bonds is 4. The summed E-state index contributed by atoms with van der Waals surface area (Å²) in [5.41, 5.74) is 1.50. The quantitative estimate of drug-likeness (QED) is 0.923. The Morgan fingerprint density at radius 1 is 1.22 bits per heavy atom. The third-order valence-corrected chi connectivity index (χ3v) is 3.63. The molecule has 0 aliphatic rings. The van der Waals surface area contributed by atoms with Gasteiger partial charge in [0.2, 0.25) is 0 Å². The first-order chi connectivity index (χ1) is 8.67. The van der Waals surface area contributed by atoms with E-state index in [0.29, 0.717) is 22.1 Å². The molecule has 0 aliphatic carbocycles. The van der Waals surface area contributed by atoms with E-state index < -0.39 is 6.10 Å². The number of hydrogen-bond acceptors (Lipinski definition) is 5. The van der Waals surface area contributed by atoms with Gasteiger partial charge in [-0.05, 0) is 19.1 Å². The maximum atomic E-state index is 10.4. The smallest absolute Gasteiger partial charge is 0.138 e. The van der Waals surface area contributed by atoms with Crippen LogP contribution >= 0.6 is 11.3 Å². The molecule has 2 aromatic rings. The lowest BCUT2D eigenvalue weighted by atomic mass is 10.1. The summed E-state index contributed by atoms with van der Waals surface area (Å²) in [7, 11) is 3.14. The summed E-state index contributed by atoms with van der Waals surface area (Å²) in [4.78, 5) is 4.30. The molecule has 0 amide bonds. The van der Waals surface area contributed by atoms with Crippen LogP contribution in [-0.2, 0) is 0 Å². The molecule has 18 heavy (non-hydrogen) atoms. The van der Waals surface area contributed by atoms with E-state index >= 15 is 0 Å². The van der Waals surface area contributed by atoms with E-state index in [4.69, 9.17) is 9.47 Å². The molecule has 1 N–H and O–H groups in total. The van der Waals surface area contributed by atoms with Gasteiger partial charge in [-0.15, -0.1) is 11.3 Å². The largest absolute Gasteiger partial charge is 0.496 e. The second-order valence-electron chi connectivity index (χ2n) is 3.81. The minimum absolute atomic E-state index is 0.592. The number of methoxy groups -OCH3 is 2. The number of hydrogen-bond donors (Lipinski definition) is 1. The van der Waals surface area contributed by atoms with Crippen LogP contribution in [0.15, 0.2) is 23.6 Å². The van der Waals surface area contributed by atoms with E-state index in [1.807, 2.05) is 18.4 Å². The highest BCUT2D eigenvalue weighted by Gasteiger charge is 2.22. The zero-order chi connectivity index (χ0) is 13.1. The van der Waals surface area contributed by atoms with Crippen molar-refractivity contribution in [3.63, 3.8) is 0 Å². The average Bonchev–Trinajstić information content (AvgIpc) is 2.83. The van der Waals surface area contributed by atoms with Crippen molar-refractivity contribution in [2.45, 2.75) is 13.0 Å². The SMILES string of the molecule is COc1cccc(OC)c1C(O)c1nc(C)cs1. The molecule has 0 saturated heterocycles. The highest BCUT2D eigenvalue weighted by Crippen LogP contribution is 2.37. The summed E-state index contributed by atoms with van der Waals surface area (Å²) in [6.07, 6.45) is -0.838. The second-order valence-corrected chi connectivity index (χ2v) is 4.70. The first-order valence-electron chi connectivity index (χ1n) is 5.48. The fourth-order valence-electron chi connectivity index (χ4n) is 1.77. The van der Waals surface area contributed by atoms with Gasteiger partial charge in [-0.25, -0.2) is 4.98 Å². The lowest BCUT2D eigenvalue weighted by molar-refractivity contribution is 0.208. The van der Waals surface area contributed by atoms with Gasteiger partial charge in [0.05, 0.1) is 19.8 Å². The number of nitrogens with zero attached hydrogens (tertiary/aromatic N) is 1. The second kappa shape index (κ2) is 5.37. The van der Waals surface area contributed by atoms with Crippen LogP contribution in [0, 0.1) is 6.92 Å². The predicted molar refractivity (Wildman–Crippen MR) is 70.5 cm³/mol. The Labute approximate surface area is 110 Å². The van der Waals surface area contributed by atoms with Gasteiger partial charge in [0.1, 0.15) is 22.6 Å². The van der Waals surface area contributed by atoms with Crippen molar-refractivity contribution in [2.75, 3.05) is 14.2 Å². The monoisotopic (exact) mass is 265 g/mol. The Morgan fingerprint density at radius 3 is 2.28 bits per heavy atom. The molecule has 0 spiro atoms. The zero-order valence-electron chi connectivity index (χ0n) is 10.5. The summed E-state index contributed by atoms with van der Waals surface area (Å²) in [6, 6.07) is 5.41. The van der Waals surface area contributed by atoms with Gasteiger partial charge in [-0.3, -0.25) is 0 Å². The Balaban J connectivity index is 2.48. The van der Waals surface area contributed by atoms with E-state index in [9.17, 15) is 5.11 Å². The van der Waals surface area contributed by atoms with Crippen LogP contribution in [0.4, 0.5) is 0 Å². The topological polar surface area (TPSA) is 51.6 Å². The van der Waals surface area contributed by atoms with Gasteiger partial charge in [0.15, 0.2) is 0 Å². The van der Waals surface area contributed by atoms with Gasteiger partial charge >= 0.3 is 0 Å². The van der Waals surface area contributed by atoms with Gasteiger partial charge in [-0.2, -0.15) is 0 Å². The number of aryl methyl sites for hydroxylation is 1. The molecule has 4 nitrogen and oxygen atoms in total. The molecule has 1 unspecified atom stereocenters. The number of benzene rings is 1. The molecule has 5 heteroatoms. The number of aromatic nitrogens is 1. The number of thiazole rings is 1. The normalized spacial score (nSPS) is 12.2. The van der Waals surface area contributed by atoms with Gasteiger partial charge in [-0.1, -0.05) is 6.07 Å². The van der Waals surface area contributed by atoms with Crippen LogP contribution in [0.3, 0.4) is 0 Å². The van der Waals surface area contributed by atoms with Gasteiger partial charge in [0, 0.05) is 11.1 Å². The van der Waals surface area contributed by atoms with E-state index in [0.717, 1.165) is 5.69 Å². The molecule has 96 valence electrons. The third kappa shape index (κ3) is 2.32. The first kappa shape index (κ1) is 12.9. The van der Waals surface area contributed by atoms with E-state index in [-0.39, 0.29) is 0 Å². The van der Waals surface area contributed by atoms with E-state index in [1.54, 1.807) is 26.4 Å². The van der Waals surface area contributed by atoms with Crippen molar-refractivity contribution in [3.05, 3.63) is 39.8 Å². The fourth-order valence-corrected chi connectivity index (χ4v) is 2.56. The molecule has 0 aliphatic heterocycles. The lowest BCUT2D eigenvalue weighted by Gasteiger charge is -2.16. The molecule has 1 atom stereocenters. The first-order valence-corrected chi connectivity index (χ1v) is 6.36. The zero-order valence-corrected chi connectivity index (χ0v) is 11.3. The molecule has 0 fully saturated rings. The van der Waals surface area contributed by atoms with Crippen LogP contribution in [0.2, 0.25) is 0 Å². The summed E-state index contributed by atoms with van der Waals surface area (Å²) >= 11 is 1.42. The van der Waals surface area contributed by atoms with Gasteiger partial charge < -0.3 is 14.6 Å². The molecule has 1 heterocycles. The van der Waals surface area contributed by atoms with Crippen molar-refractivity contribution < 1.29 is 14.6 Å². The summed E-state index contributed by atoms with van der Waals surface area (Å²) in [6.45, 7) is 1.90. The van der Waals surface area contributed by atoms with Crippen molar-refractivity contribution >= 4 is 11.3 Å². The van der Waals surface area contributed by atoms with Crippen LogP contribution in [-0.4, -0.2) is 24.3 Å². The highest BCUT2D eigenvalue weighted by molar-refractivity contribution is 7.09. The van der Waals surface area contributed by atoms with Crippen molar-refractivity contribution in [2.24, 2.45) is 0 Å². The van der Waals surface area contributed by atoms with Gasteiger partial charge in [0.25, 0.3) is 0 Å². The highest BCUT2D eigenvalue weighted by atomic mass is 32.1. The summed E-state index contributed by atoms with van der Waals surface area (Å²) in [5, 5.41) is 13.0. The fraction of sp³-hybridized carbons (Fsp3) is 0.308. The van der Waals surface area contributed by atoms with E-state index in [1.165, 1.54) is 11.3 Å². The van der Waals surface area contributed by atoms with Crippen molar-refractivity contribution in [3.8, 4) is 11.5 Å². The average molecular weight is 265 g/mol. The lowest BCUT2D eigenvalue weighted by Crippen LogP contribution is -2.04. The maximum Gasteiger partial charge on any atom is 0.138 e. The predicted octanol–water partition coefficient (Wildman–Crippen LogP) is 2.55. The third-order valence-electron chi connectivity index (χ3n) is 2.61. The van der Waals surface area contributed by atoms with Crippen molar-refractivity contribution in [1.82, 2.24) is 4.98 Å². The number of aliphatic hydroxyl groups excluding tert-OH is 1. The Bertz CT molecular complexity index is 517. The van der Waals surface area contributed by atoms with Crippen molar-refractivity contribution in [1.29, 1.82) is 0 Å². The molecule has 1 aromatic carbocycles. The molecule has 2 rings (SSSR count). The molecular weight excluding hydrogens is 250 g/mol. The molecule has 0 radical (unpaired) electrons. The van der Waals surface area contributed by atoms with Crippen LogP contribution in [0.5, 0.6) is 11.5 Å². The Hall–Kier alpha value is -1.59. The van der Waals surface area contributed by atoms with E-state index in [2.05, 4.69) is 4.98 Å². The Kier molecular flexibility index (Phi) is 3.84. The standard InChI is InChI=1S/C13H15NO3S/c1-8-7-18-13(14-8)12(15)11-9(16-2)5-4-6-10(11)17-3/h4-7,12,15H,1-3H3. The summed E-state index contributed by atoms with van der Waals surface area (Å²) in [5.74, 6) is 1.18. The number of aliphatic hydroxyl groups is 1. The maximum absolute atomic E-state index is 10.4. The van der Waals surface area contributed by atoms with Crippen LogP contribution < -0.4 is 9.47 Å². The number of ether oxygens (including phenoxy) is 2. The molecule has 0 bridgehead atoms.